The molecule has 4 aliphatic rings. The summed E-state index contributed by atoms with van der Waals surface area (Å²) in [6, 6.07) is 0. The van der Waals surface area contributed by atoms with Crippen molar-refractivity contribution in [1.82, 2.24) is 0 Å². The normalized spacial score (nSPS) is 47.2. The predicted molar refractivity (Wildman–Crippen MR) is 67.7 cm³/mol. The van der Waals surface area contributed by atoms with Crippen LogP contribution in [0.2, 0.25) is 0 Å². The van der Waals surface area contributed by atoms with Crippen LogP contribution in [0.3, 0.4) is 0 Å². The van der Waals surface area contributed by atoms with Gasteiger partial charge >= 0.3 is 0 Å². The van der Waals surface area contributed by atoms with Gasteiger partial charge in [0, 0.05) is 11.8 Å². The van der Waals surface area contributed by atoms with Crippen LogP contribution in [0.15, 0.2) is 11.6 Å². The molecule has 2 bridgehead atoms. The van der Waals surface area contributed by atoms with Crippen LogP contribution in [0.1, 0.15) is 40.5 Å². The van der Waals surface area contributed by atoms with E-state index < -0.39 is 5.60 Å². The van der Waals surface area contributed by atoms with E-state index in [4.69, 9.17) is 9.78 Å². The smallest absolute Gasteiger partial charge is 0.190 e. The summed E-state index contributed by atoms with van der Waals surface area (Å²) in [6.07, 6.45) is 4.03. The summed E-state index contributed by atoms with van der Waals surface area (Å²) in [5.74, 6) is 1.78. The lowest BCUT2D eigenvalue weighted by Crippen LogP contribution is -2.52. The second-order valence-electron chi connectivity index (χ2n) is 6.61. The fourth-order valence-electron chi connectivity index (χ4n) is 4.03. The van der Waals surface area contributed by atoms with E-state index in [0.717, 1.165) is 12.0 Å². The number of carbonyl (C=O) groups excluding carboxylic acids is 1. The van der Waals surface area contributed by atoms with Gasteiger partial charge in [0.25, 0.3) is 0 Å². The molecule has 1 saturated heterocycles. The minimum atomic E-state index is -0.761. The molecule has 0 aromatic rings. The first-order valence-electron chi connectivity index (χ1n) is 7.05. The van der Waals surface area contributed by atoms with Crippen molar-refractivity contribution in [2.45, 2.75) is 52.2 Å². The van der Waals surface area contributed by atoms with Crippen LogP contribution < -0.4 is 0 Å². The minimum absolute atomic E-state index is 0.0213. The Kier molecular flexibility index (Phi) is 2.69. The zero-order valence-electron chi connectivity index (χ0n) is 11.6. The van der Waals surface area contributed by atoms with E-state index in [9.17, 15) is 4.79 Å². The Morgan fingerprint density at radius 3 is 2.78 bits per heavy atom. The predicted octanol–water partition coefficient (Wildman–Crippen LogP) is 2.90. The Hall–Kier alpha value is -0.670. The Morgan fingerprint density at radius 1 is 1.39 bits per heavy atom. The fraction of sp³-hybridized carbons (Fsp3) is 0.800. The summed E-state index contributed by atoms with van der Waals surface area (Å²) in [4.78, 5) is 23.7. The summed E-state index contributed by atoms with van der Waals surface area (Å²) in [7, 11) is 0. The highest BCUT2D eigenvalue weighted by molar-refractivity contribution is 5.98. The molecule has 0 spiro atoms. The molecule has 0 radical (unpaired) electrons. The van der Waals surface area contributed by atoms with Gasteiger partial charge in [-0.05, 0) is 43.3 Å². The molecule has 0 unspecified atom stereocenters. The largest absolute Gasteiger partial charge is 0.291 e. The first kappa shape index (κ1) is 12.4. The lowest BCUT2D eigenvalue weighted by Gasteiger charge is -2.43. The molecule has 0 amide bonds. The summed E-state index contributed by atoms with van der Waals surface area (Å²) < 4.78 is 0. The van der Waals surface area contributed by atoms with Gasteiger partial charge in [-0.15, -0.1) is 0 Å². The van der Waals surface area contributed by atoms with Crippen LogP contribution >= 0.6 is 0 Å². The molecule has 18 heavy (non-hydrogen) atoms. The van der Waals surface area contributed by atoms with E-state index >= 15 is 0 Å². The highest BCUT2D eigenvalue weighted by Gasteiger charge is 2.59. The van der Waals surface area contributed by atoms with E-state index in [2.05, 4.69) is 20.8 Å². The molecular weight excluding hydrogens is 228 g/mol. The summed E-state index contributed by atoms with van der Waals surface area (Å²) in [5.41, 5.74) is 0.354. The van der Waals surface area contributed by atoms with Crippen LogP contribution in [0.5, 0.6) is 0 Å². The molecule has 3 heteroatoms. The topological polar surface area (TPSA) is 35.5 Å². The van der Waals surface area contributed by atoms with Crippen molar-refractivity contribution >= 4 is 5.78 Å². The molecule has 5 atom stereocenters. The van der Waals surface area contributed by atoms with Crippen LogP contribution in [-0.4, -0.2) is 17.5 Å². The maximum absolute atomic E-state index is 12.5. The molecular formula is C15H22O3. The quantitative estimate of drug-likeness (QED) is 0.671. The molecule has 2 fully saturated rings. The van der Waals surface area contributed by atoms with Gasteiger partial charge in [0.05, 0.1) is 0 Å². The van der Waals surface area contributed by atoms with Crippen molar-refractivity contribution < 1.29 is 14.6 Å². The van der Waals surface area contributed by atoms with Gasteiger partial charge in [-0.25, -0.2) is 9.78 Å². The number of hydrogen-bond donors (Lipinski definition) is 0. The van der Waals surface area contributed by atoms with Crippen LogP contribution in [0.25, 0.3) is 0 Å². The molecule has 0 aromatic carbocycles. The zero-order valence-corrected chi connectivity index (χ0v) is 11.6. The Bertz CT molecular complexity index is 412. The van der Waals surface area contributed by atoms with Gasteiger partial charge < -0.3 is 0 Å². The molecule has 100 valence electrons. The number of fused-ring (bicyclic) bond motifs is 2. The number of hydrogen-bond acceptors (Lipinski definition) is 3. The second-order valence-corrected chi connectivity index (χ2v) is 6.61. The molecule has 2 aliphatic heterocycles. The van der Waals surface area contributed by atoms with Crippen molar-refractivity contribution in [1.29, 1.82) is 0 Å². The van der Waals surface area contributed by atoms with Crippen LogP contribution in [0, 0.1) is 23.7 Å². The molecule has 1 saturated carbocycles. The molecule has 2 aliphatic carbocycles. The first-order chi connectivity index (χ1) is 8.45. The molecule has 0 aromatic heterocycles. The highest BCUT2D eigenvalue weighted by atomic mass is 17.2. The van der Waals surface area contributed by atoms with Gasteiger partial charge in [0.2, 0.25) is 0 Å². The van der Waals surface area contributed by atoms with E-state index in [1.807, 2.05) is 6.92 Å². The average Bonchev–Trinajstić information content (AvgIpc) is 2.61. The molecule has 3 nitrogen and oxygen atoms in total. The van der Waals surface area contributed by atoms with Crippen LogP contribution in [0.4, 0.5) is 0 Å². The van der Waals surface area contributed by atoms with Gasteiger partial charge in [0.15, 0.2) is 11.4 Å². The third-order valence-corrected chi connectivity index (χ3v) is 5.22. The van der Waals surface area contributed by atoms with Gasteiger partial charge in [-0.3, -0.25) is 4.79 Å². The fourth-order valence-corrected chi connectivity index (χ4v) is 4.03. The summed E-state index contributed by atoms with van der Waals surface area (Å²) >= 11 is 0. The lowest BCUT2D eigenvalue weighted by atomic mass is 9.74. The third-order valence-electron chi connectivity index (χ3n) is 5.22. The van der Waals surface area contributed by atoms with E-state index in [-0.39, 0.29) is 11.9 Å². The van der Waals surface area contributed by atoms with E-state index in [1.54, 1.807) is 6.08 Å². The number of carbonyl (C=O) groups is 1. The Labute approximate surface area is 108 Å². The Balaban J connectivity index is 2.10. The first-order valence-corrected chi connectivity index (χ1v) is 7.05. The van der Waals surface area contributed by atoms with Gasteiger partial charge in [-0.2, -0.15) is 0 Å². The van der Waals surface area contributed by atoms with Crippen molar-refractivity contribution in [2.24, 2.45) is 23.7 Å². The lowest BCUT2D eigenvalue weighted by molar-refractivity contribution is -0.410. The summed E-state index contributed by atoms with van der Waals surface area (Å²) in [5, 5.41) is 0. The third kappa shape index (κ3) is 1.47. The van der Waals surface area contributed by atoms with E-state index in [0.29, 0.717) is 23.7 Å². The Morgan fingerprint density at radius 2 is 2.11 bits per heavy atom. The average molecular weight is 250 g/mol. The van der Waals surface area contributed by atoms with Gasteiger partial charge in [0.1, 0.15) is 6.10 Å². The second kappa shape index (κ2) is 3.91. The van der Waals surface area contributed by atoms with Crippen molar-refractivity contribution in [3.05, 3.63) is 11.6 Å². The zero-order chi connectivity index (χ0) is 13.1. The maximum atomic E-state index is 12.5. The number of ketones is 1. The number of rotatable bonds is 1. The molecule has 0 N–H and O–H groups in total. The monoisotopic (exact) mass is 250 g/mol. The SMILES string of the molecule is CC(C)C1=CC(=O)[C@]2(C)OO[C@H]1[C@@H]1[C@H](C)CC[C@@H]12. The van der Waals surface area contributed by atoms with Crippen molar-refractivity contribution in [2.75, 3.05) is 0 Å². The standard InChI is InChI=1S/C15H22O3/c1-8(2)10-7-12(16)15(4)11-6-5-9(3)13(11)14(10)17-18-15/h7-9,11,13-14H,5-6H2,1-4H3/t9-,11+,13-,14-,15-/m1/s1. The summed E-state index contributed by atoms with van der Waals surface area (Å²) in [6.45, 7) is 8.43. The van der Waals surface area contributed by atoms with Crippen molar-refractivity contribution in [3.8, 4) is 0 Å². The van der Waals surface area contributed by atoms with Crippen LogP contribution in [-0.2, 0) is 14.6 Å². The molecule has 2 heterocycles. The maximum Gasteiger partial charge on any atom is 0.190 e. The van der Waals surface area contributed by atoms with Gasteiger partial charge in [-0.1, -0.05) is 20.8 Å². The minimum Gasteiger partial charge on any atom is -0.291 e. The van der Waals surface area contributed by atoms with E-state index in [1.165, 1.54) is 6.42 Å². The molecule has 4 rings (SSSR count). The highest BCUT2D eigenvalue weighted by Crippen LogP contribution is 2.54. The van der Waals surface area contributed by atoms with Crippen molar-refractivity contribution in [3.63, 3.8) is 0 Å².